The van der Waals surface area contributed by atoms with Gasteiger partial charge in [-0.2, -0.15) is 0 Å². The van der Waals surface area contributed by atoms with Crippen LogP contribution in [-0.4, -0.2) is 28.8 Å². The van der Waals surface area contributed by atoms with E-state index in [9.17, 15) is 9.90 Å². The molecular weight excluding hydrogens is 322 g/mol. The summed E-state index contributed by atoms with van der Waals surface area (Å²) in [6.07, 6.45) is 0.167. The predicted octanol–water partition coefficient (Wildman–Crippen LogP) is 3.32. The highest BCUT2D eigenvalue weighted by atomic mass is 32.1. The molecule has 0 bridgehead atoms. The first-order valence-electron chi connectivity index (χ1n) is 8.17. The Kier molecular flexibility index (Phi) is 6.75. The summed E-state index contributed by atoms with van der Waals surface area (Å²) in [5.41, 5.74) is 2.01. The predicted molar refractivity (Wildman–Crippen MR) is 98.0 cm³/mol. The van der Waals surface area contributed by atoms with Gasteiger partial charge in [0.25, 0.3) is 0 Å². The Hall–Kier alpha value is -1.92. The maximum absolute atomic E-state index is 11.8. The molecule has 2 amide bonds. The lowest BCUT2D eigenvalue weighted by Crippen LogP contribution is -2.39. The first kappa shape index (κ1) is 18.4. The molecule has 0 fully saturated rings. The van der Waals surface area contributed by atoms with Crippen molar-refractivity contribution in [2.45, 2.75) is 39.8 Å². The number of aromatic nitrogens is 1. The van der Waals surface area contributed by atoms with E-state index in [1.807, 2.05) is 51.1 Å². The largest absolute Gasteiger partial charge is 0.391 e. The number of hydrogen-bond acceptors (Lipinski definition) is 4. The second-order valence-electron chi connectivity index (χ2n) is 6.24. The molecular formula is C18H25N3O2S. The molecule has 3 N–H and O–H groups in total. The number of amides is 2. The molecule has 0 aliphatic heterocycles. The zero-order valence-corrected chi connectivity index (χ0v) is 15.2. The lowest BCUT2D eigenvalue weighted by atomic mass is 10.1. The summed E-state index contributed by atoms with van der Waals surface area (Å²) in [4.78, 5) is 17.5. The van der Waals surface area contributed by atoms with E-state index in [-0.39, 0.29) is 12.6 Å². The van der Waals surface area contributed by atoms with Crippen molar-refractivity contribution in [2.75, 3.05) is 6.54 Å². The van der Waals surface area contributed by atoms with E-state index in [0.29, 0.717) is 18.9 Å². The van der Waals surface area contributed by atoms with Crippen molar-refractivity contribution in [3.05, 3.63) is 40.9 Å². The Morgan fingerprint density at radius 1 is 1.25 bits per heavy atom. The monoisotopic (exact) mass is 347 g/mol. The van der Waals surface area contributed by atoms with Gasteiger partial charge in [-0.15, -0.1) is 11.3 Å². The van der Waals surface area contributed by atoms with Crippen LogP contribution < -0.4 is 10.6 Å². The Bertz CT molecular complexity index is 656. The number of benzene rings is 1. The van der Waals surface area contributed by atoms with Crippen molar-refractivity contribution in [1.29, 1.82) is 0 Å². The highest BCUT2D eigenvalue weighted by Gasteiger charge is 2.12. The summed E-state index contributed by atoms with van der Waals surface area (Å²) in [7, 11) is 0. The van der Waals surface area contributed by atoms with E-state index in [1.54, 1.807) is 11.3 Å². The molecule has 0 aliphatic carbocycles. The molecule has 6 heteroatoms. The van der Waals surface area contributed by atoms with Gasteiger partial charge in [-0.3, -0.25) is 0 Å². The number of nitrogens with one attached hydrogen (secondary N) is 2. The molecule has 1 aromatic carbocycles. The van der Waals surface area contributed by atoms with Crippen LogP contribution in [0.4, 0.5) is 4.79 Å². The lowest BCUT2D eigenvalue weighted by Gasteiger charge is -2.14. The van der Waals surface area contributed by atoms with Gasteiger partial charge in [-0.25, -0.2) is 9.78 Å². The molecule has 24 heavy (non-hydrogen) atoms. The number of aryl methyl sites for hydroxylation is 1. The van der Waals surface area contributed by atoms with Crippen molar-refractivity contribution in [2.24, 2.45) is 5.92 Å². The van der Waals surface area contributed by atoms with Gasteiger partial charge in [0.05, 0.1) is 18.3 Å². The topological polar surface area (TPSA) is 74.2 Å². The maximum Gasteiger partial charge on any atom is 0.315 e. The minimum absolute atomic E-state index is 0.265. The SMILES string of the molecule is Cc1nc(-c2ccccc2)sc1CNC(=O)NCC(O)CC(C)C. The van der Waals surface area contributed by atoms with Crippen molar-refractivity contribution in [1.82, 2.24) is 15.6 Å². The third kappa shape index (κ3) is 5.62. The van der Waals surface area contributed by atoms with Gasteiger partial charge in [0.15, 0.2) is 0 Å². The summed E-state index contributed by atoms with van der Waals surface area (Å²) < 4.78 is 0. The van der Waals surface area contributed by atoms with Crippen LogP contribution in [0.1, 0.15) is 30.8 Å². The minimum atomic E-state index is -0.509. The molecule has 2 aromatic rings. The van der Waals surface area contributed by atoms with Crippen LogP contribution in [0.15, 0.2) is 30.3 Å². The van der Waals surface area contributed by atoms with Crippen molar-refractivity contribution in [3.63, 3.8) is 0 Å². The normalized spacial score (nSPS) is 12.2. The number of thiazole rings is 1. The number of rotatable bonds is 7. The number of aliphatic hydroxyl groups excluding tert-OH is 1. The van der Waals surface area contributed by atoms with Crippen LogP contribution in [-0.2, 0) is 6.54 Å². The Balaban J connectivity index is 1.84. The Morgan fingerprint density at radius 3 is 2.62 bits per heavy atom. The van der Waals surface area contributed by atoms with Gasteiger partial charge >= 0.3 is 6.03 Å². The number of aliphatic hydroxyl groups is 1. The Labute approximate surface area is 147 Å². The first-order valence-corrected chi connectivity index (χ1v) is 8.99. The molecule has 1 heterocycles. The fraction of sp³-hybridized carbons (Fsp3) is 0.444. The van der Waals surface area contributed by atoms with E-state index < -0.39 is 6.10 Å². The average Bonchev–Trinajstić information content (AvgIpc) is 2.92. The van der Waals surface area contributed by atoms with E-state index in [1.165, 1.54) is 0 Å². The van der Waals surface area contributed by atoms with Gasteiger partial charge in [-0.05, 0) is 19.3 Å². The number of hydrogen-bond donors (Lipinski definition) is 3. The summed E-state index contributed by atoms with van der Waals surface area (Å²) in [5.74, 6) is 0.404. The Morgan fingerprint density at radius 2 is 1.96 bits per heavy atom. The molecule has 0 saturated carbocycles. The fourth-order valence-corrected chi connectivity index (χ4v) is 3.36. The minimum Gasteiger partial charge on any atom is -0.391 e. The number of nitrogens with zero attached hydrogens (tertiary/aromatic N) is 1. The molecule has 130 valence electrons. The fourth-order valence-electron chi connectivity index (χ4n) is 2.36. The molecule has 0 radical (unpaired) electrons. The number of urea groups is 1. The molecule has 1 aromatic heterocycles. The highest BCUT2D eigenvalue weighted by molar-refractivity contribution is 7.15. The zero-order chi connectivity index (χ0) is 17.5. The van der Waals surface area contributed by atoms with Gasteiger partial charge in [0.1, 0.15) is 5.01 Å². The van der Waals surface area contributed by atoms with Crippen molar-refractivity contribution < 1.29 is 9.90 Å². The third-order valence-electron chi connectivity index (χ3n) is 3.56. The van der Waals surface area contributed by atoms with Crippen LogP contribution >= 0.6 is 11.3 Å². The summed E-state index contributed by atoms with van der Waals surface area (Å²) >= 11 is 1.58. The van der Waals surface area contributed by atoms with E-state index in [4.69, 9.17) is 0 Å². The van der Waals surface area contributed by atoms with Crippen LogP contribution in [0.2, 0.25) is 0 Å². The van der Waals surface area contributed by atoms with Crippen molar-refractivity contribution in [3.8, 4) is 10.6 Å². The molecule has 5 nitrogen and oxygen atoms in total. The number of carbonyl (C=O) groups is 1. The van der Waals surface area contributed by atoms with E-state index in [0.717, 1.165) is 21.1 Å². The van der Waals surface area contributed by atoms with E-state index in [2.05, 4.69) is 15.6 Å². The standard InChI is InChI=1S/C18H25N3O2S/c1-12(2)9-15(22)10-19-18(23)20-11-16-13(3)21-17(24-16)14-7-5-4-6-8-14/h4-8,12,15,22H,9-11H2,1-3H3,(H2,19,20,23). The second kappa shape index (κ2) is 8.80. The molecule has 0 aliphatic rings. The molecule has 1 unspecified atom stereocenters. The smallest absolute Gasteiger partial charge is 0.315 e. The molecule has 2 rings (SSSR count). The number of carbonyl (C=O) groups excluding carboxylic acids is 1. The molecule has 0 spiro atoms. The quantitative estimate of drug-likeness (QED) is 0.719. The van der Waals surface area contributed by atoms with E-state index >= 15 is 0 Å². The summed E-state index contributed by atoms with van der Waals surface area (Å²) in [6.45, 7) is 6.73. The van der Waals surface area contributed by atoms with Crippen molar-refractivity contribution >= 4 is 17.4 Å². The molecule has 0 saturated heterocycles. The third-order valence-corrected chi connectivity index (χ3v) is 4.77. The van der Waals surface area contributed by atoms with Gasteiger partial charge in [-0.1, -0.05) is 44.2 Å². The van der Waals surface area contributed by atoms with Crippen LogP contribution in [0.25, 0.3) is 10.6 Å². The lowest BCUT2D eigenvalue weighted by molar-refractivity contribution is 0.147. The summed E-state index contributed by atoms with van der Waals surface area (Å²) in [6, 6.07) is 9.73. The second-order valence-corrected chi connectivity index (χ2v) is 7.32. The van der Waals surface area contributed by atoms with Crippen LogP contribution in [0, 0.1) is 12.8 Å². The van der Waals surface area contributed by atoms with Gasteiger partial charge in [0, 0.05) is 17.0 Å². The first-order chi connectivity index (χ1) is 11.5. The maximum atomic E-state index is 11.8. The zero-order valence-electron chi connectivity index (χ0n) is 14.4. The highest BCUT2D eigenvalue weighted by Crippen LogP contribution is 2.27. The summed E-state index contributed by atoms with van der Waals surface area (Å²) in [5, 5.41) is 16.3. The molecule has 1 atom stereocenters. The van der Waals surface area contributed by atoms with Gasteiger partial charge in [0.2, 0.25) is 0 Å². The van der Waals surface area contributed by atoms with Crippen LogP contribution in [0.3, 0.4) is 0 Å². The van der Waals surface area contributed by atoms with Gasteiger partial charge < -0.3 is 15.7 Å². The average molecular weight is 347 g/mol. The van der Waals surface area contributed by atoms with Crippen LogP contribution in [0.5, 0.6) is 0 Å².